The maximum Gasteiger partial charge on any atom is 0.243 e. The van der Waals surface area contributed by atoms with Crippen molar-refractivity contribution < 1.29 is 27.5 Å². The van der Waals surface area contributed by atoms with Crippen LogP contribution in [-0.4, -0.2) is 66.8 Å². The molecule has 0 spiro atoms. The van der Waals surface area contributed by atoms with Crippen molar-refractivity contribution in [2.75, 3.05) is 54.1 Å². The van der Waals surface area contributed by atoms with Gasteiger partial charge in [-0.2, -0.15) is 4.31 Å². The van der Waals surface area contributed by atoms with Crippen molar-refractivity contribution in [1.29, 1.82) is 0 Å². The molecule has 2 aromatic rings. The fourth-order valence-corrected chi connectivity index (χ4v) is 4.99. The van der Waals surface area contributed by atoms with Crippen LogP contribution in [0.25, 0.3) is 0 Å². The number of sulfonamides is 1. The van der Waals surface area contributed by atoms with E-state index < -0.39 is 10.0 Å². The van der Waals surface area contributed by atoms with Crippen LogP contribution in [0.3, 0.4) is 0 Å². The Morgan fingerprint density at radius 1 is 0.897 bits per heavy atom. The Hall–Kier alpha value is -2.29. The summed E-state index contributed by atoms with van der Waals surface area (Å²) in [5.74, 6) is 1.78. The van der Waals surface area contributed by atoms with Gasteiger partial charge in [0.1, 0.15) is 5.75 Å². The van der Waals surface area contributed by atoms with E-state index in [1.165, 1.54) is 30.7 Å². The number of nitrogens with zero attached hydrogens (tertiary/aromatic N) is 1. The predicted molar refractivity (Wildman–Crippen MR) is 111 cm³/mol. The normalized spacial score (nSPS) is 15.8. The summed E-state index contributed by atoms with van der Waals surface area (Å²) in [7, 11) is 1.14. The van der Waals surface area contributed by atoms with Crippen LogP contribution in [0.15, 0.2) is 47.4 Å². The van der Waals surface area contributed by atoms with Crippen LogP contribution in [-0.2, 0) is 16.4 Å². The van der Waals surface area contributed by atoms with E-state index in [0.29, 0.717) is 24.6 Å². The minimum atomic E-state index is -3.55. The van der Waals surface area contributed by atoms with Gasteiger partial charge in [-0.1, -0.05) is 12.1 Å². The highest BCUT2D eigenvalue weighted by atomic mass is 32.2. The van der Waals surface area contributed by atoms with Crippen LogP contribution in [0.2, 0.25) is 0 Å². The quantitative estimate of drug-likeness (QED) is 0.684. The summed E-state index contributed by atoms with van der Waals surface area (Å²) in [6.45, 7) is 3.59. The molecule has 0 radical (unpaired) electrons. The largest absolute Gasteiger partial charge is 0.497 e. The second-order valence-corrected chi connectivity index (χ2v) is 8.96. The third kappa shape index (κ3) is 5.01. The topological polar surface area (TPSA) is 69.5 Å². The molecule has 1 fully saturated rings. The molecule has 0 amide bonds. The molecule has 1 aliphatic rings. The first-order chi connectivity index (χ1) is 14.0. The number of quaternary nitrogens is 1. The monoisotopic (exact) mass is 421 g/mol. The molecule has 0 bridgehead atoms. The van der Waals surface area contributed by atoms with E-state index in [1.54, 1.807) is 23.5 Å². The summed E-state index contributed by atoms with van der Waals surface area (Å²) < 4.78 is 43.2. The van der Waals surface area contributed by atoms with Gasteiger partial charge in [0, 0.05) is 12.5 Å². The molecule has 1 heterocycles. The lowest BCUT2D eigenvalue weighted by Gasteiger charge is -2.31. The molecule has 7 nitrogen and oxygen atoms in total. The molecule has 29 heavy (non-hydrogen) atoms. The van der Waals surface area contributed by atoms with Crippen LogP contribution in [0, 0.1) is 0 Å². The van der Waals surface area contributed by atoms with Crippen molar-refractivity contribution in [1.82, 2.24) is 4.31 Å². The zero-order valence-corrected chi connectivity index (χ0v) is 18.0. The fourth-order valence-electron chi connectivity index (χ4n) is 3.53. The molecule has 1 saturated heterocycles. The van der Waals surface area contributed by atoms with Gasteiger partial charge in [-0.25, -0.2) is 8.42 Å². The summed E-state index contributed by atoms with van der Waals surface area (Å²) >= 11 is 0. The highest BCUT2D eigenvalue weighted by Crippen LogP contribution is 2.30. The number of methoxy groups -OCH3 is 3. The first-order valence-corrected chi connectivity index (χ1v) is 11.1. The highest BCUT2D eigenvalue weighted by molar-refractivity contribution is 7.89. The standard InChI is InChI=1S/C21H28N2O5S/c1-26-18-6-4-17(5-7-18)10-11-22-12-14-23(15-13-22)29(24,25)19-8-9-20(27-2)21(16-19)28-3/h4-9,16H,10-15H2,1-3H3/p+1. The van der Waals surface area contributed by atoms with Crippen molar-refractivity contribution in [3.63, 3.8) is 0 Å². The van der Waals surface area contributed by atoms with Crippen LogP contribution in [0.1, 0.15) is 5.56 Å². The van der Waals surface area contributed by atoms with Crippen molar-refractivity contribution in [2.45, 2.75) is 11.3 Å². The molecule has 1 aliphatic heterocycles. The van der Waals surface area contributed by atoms with E-state index in [0.717, 1.165) is 31.8 Å². The zero-order chi connectivity index (χ0) is 20.9. The minimum absolute atomic E-state index is 0.233. The molecule has 2 aromatic carbocycles. The Labute approximate surface area is 172 Å². The highest BCUT2D eigenvalue weighted by Gasteiger charge is 2.30. The summed E-state index contributed by atoms with van der Waals surface area (Å²) in [5, 5.41) is 0. The van der Waals surface area contributed by atoms with E-state index >= 15 is 0 Å². The molecule has 158 valence electrons. The molecule has 1 N–H and O–H groups in total. The second-order valence-electron chi connectivity index (χ2n) is 7.02. The number of rotatable bonds is 8. The Bertz CT molecular complexity index is 907. The van der Waals surface area contributed by atoms with E-state index in [2.05, 4.69) is 12.1 Å². The van der Waals surface area contributed by atoms with Crippen molar-refractivity contribution >= 4 is 10.0 Å². The molecule has 0 aliphatic carbocycles. The number of nitrogens with one attached hydrogen (secondary N) is 1. The van der Waals surface area contributed by atoms with Crippen LogP contribution in [0.5, 0.6) is 17.2 Å². The molecule has 0 atom stereocenters. The first-order valence-electron chi connectivity index (χ1n) is 9.66. The Morgan fingerprint density at radius 2 is 1.55 bits per heavy atom. The predicted octanol–water partition coefficient (Wildman–Crippen LogP) is 0.844. The van der Waals surface area contributed by atoms with Gasteiger partial charge in [-0.3, -0.25) is 0 Å². The average molecular weight is 422 g/mol. The lowest BCUT2D eigenvalue weighted by atomic mass is 10.1. The molecule has 3 rings (SSSR count). The number of hydrogen-bond donors (Lipinski definition) is 1. The molecule has 8 heteroatoms. The fraction of sp³-hybridized carbons (Fsp3) is 0.429. The van der Waals surface area contributed by atoms with Crippen molar-refractivity contribution in [3.05, 3.63) is 48.0 Å². The average Bonchev–Trinajstić information content (AvgIpc) is 2.77. The molecular weight excluding hydrogens is 392 g/mol. The Kier molecular flexibility index (Phi) is 7.00. The van der Waals surface area contributed by atoms with Crippen LogP contribution in [0.4, 0.5) is 0 Å². The van der Waals surface area contributed by atoms with E-state index in [1.807, 2.05) is 12.1 Å². The minimum Gasteiger partial charge on any atom is -0.497 e. The van der Waals surface area contributed by atoms with Gasteiger partial charge in [0.05, 0.1) is 58.9 Å². The Balaban J connectivity index is 1.57. The maximum atomic E-state index is 13.0. The number of ether oxygens (including phenoxy) is 3. The molecule has 0 aromatic heterocycles. The van der Waals surface area contributed by atoms with Gasteiger partial charge >= 0.3 is 0 Å². The van der Waals surface area contributed by atoms with Gasteiger partial charge in [0.25, 0.3) is 0 Å². The van der Waals surface area contributed by atoms with Crippen LogP contribution >= 0.6 is 0 Å². The first kappa shape index (κ1) is 21.4. The van der Waals surface area contributed by atoms with Gasteiger partial charge in [-0.05, 0) is 29.8 Å². The summed E-state index contributed by atoms with van der Waals surface area (Å²) in [6.07, 6.45) is 0.960. The number of piperazine rings is 1. The lowest BCUT2D eigenvalue weighted by Crippen LogP contribution is -3.15. The maximum absolute atomic E-state index is 13.0. The third-order valence-electron chi connectivity index (χ3n) is 5.35. The molecule has 0 unspecified atom stereocenters. The third-order valence-corrected chi connectivity index (χ3v) is 7.24. The second kappa shape index (κ2) is 9.47. The number of hydrogen-bond acceptors (Lipinski definition) is 5. The van der Waals surface area contributed by atoms with Gasteiger partial charge in [0.15, 0.2) is 11.5 Å². The van der Waals surface area contributed by atoms with E-state index in [-0.39, 0.29) is 4.90 Å². The lowest BCUT2D eigenvalue weighted by molar-refractivity contribution is -0.903. The Morgan fingerprint density at radius 3 is 2.14 bits per heavy atom. The zero-order valence-electron chi connectivity index (χ0n) is 17.2. The summed E-state index contributed by atoms with van der Waals surface area (Å²) in [5.41, 5.74) is 1.26. The smallest absolute Gasteiger partial charge is 0.243 e. The number of benzene rings is 2. The molecular formula is C21H29N2O5S+. The van der Waals surface area contributed by atoms with Gasteiger partial charge in [0.2, 0.25) is 10.0 Å². The van der Waals surface area contributed by atoms with Gasteiger partial charge < -0.3 is 19.1 Å². The van der Waals surface area contributed by atoms with Crippen molar-refractivity contribution in [2.24, 2.45) is 0 Å². The summed E-state index contributed by atoms with van der Waals surface area (Å²) in [6, 6.07) is 12.8. The molecule has 0 saturated carbocycles. The van der Waals surface area contributed by atoms with Crippen molar-refractivity contribution in [3.8, 4) is 17.2 Å². The van der Waals surface area contributed by atoms with E-state index in [4.69, 9.17) is 14.2 Å². The summed E-state index contributed by atoms with van der Waals surface area (Å²) in [4.78, 5) is 1.65. The van der Waals surface area contributed by atoms with Gasteiger partial charge in [-0.15, -0.1) is 0 Å². The van der Waals surface area contributed by atoms with Crippen LogP contribution < -0.4 is 19.1 Å². The SMILES string of the molecule is COc1ccc(CC[NH+]2CCN(S(=O)(=O)c3ccc(OC)c(OC)c3)CC2)cc1. The van der Waals surface area contributed by atoms with E-state index in [9.17, 15) is 8.42 Å².